The van der Waals surface area contributed by atoms with Gasteiger partial charge in [-0.1, -0.05) is 28.7 Å². The van der Waals surface area contributed by atoms with Crippen LogP contribution in [-0.2, 0) is 0 Å². The summed E-state index contributed by atoms with van der Waals surface area (Å²) >= 11 is 0. The van der Waals surface area contributed by atoms with Crippen LogP contribution in [0.25, 0.3) is 0 Å². The van der Waals surface area contributed by atoms with Crippen LogP contribution in [0.4, 0.5) is 0 Å². The highest BCUT2D eigenvalue weighted by Crippen LogP contribution is 2.03. The fourth-order valence-electron chi connectivity index (χ4n) is 1.60. The van der Waals surface area contributed by atoms with Gasteiger partial charge in [0.2, 0.25) is 0 Å². The van der Waals surface area contributed by atoms with Crippen LogP contribution in [0.3, 0.4) is 0 Å². The standard InChI is InChI=1S/2C5H11N.2CH4/c2*1-5-2-3-6-4-5;;/h2*5-6H,2-4H2,1H3;2*1H4/t2*5-;;/m10../s1. The Morgan fingerprint density at radius 1 is 0.786 bits per heavy atom. The number of rotatable bonds is 0. The lowest BCUT2D eigenvalue weighted by atomic mass is 10.2. The molecule has 0 amide bonds. The normalized spacial score (nSPS) is 29.6. The van der Waals surface area contributed by atoms with Gasteiger partial charge < -0.3 is 10.6 Å². The van der Waals surface area contributed by atoms with E-state index in [4.69, 9.17) is 0 Å². The third-order valence-electron chi connectivity index (χ3n) is 2.61. The van der Waals surface area contributed by atoms with Crippen molar-refractivity contribution in [1.82, 2.24) is 10.6 Å². The molecule has 2 heterocycles. The van der Waals surface area contributed by atoms with E-state index in [0.717, 1.165) is 11.8 Å². The number of hydrogen-bond donors (Lipinski definition) is 2. The minimum Gasteiger partial charge on any atom is -0.316 e. The van der Waals surface area contributed by atoms with Gasteiger partial charge in [-0.2, -0.15) is 0 Å². The molecule has 0 unspecified atom stereocenters. The van der Waals surface area contributed by atoms with Crippen LogP contribution in [-0.4, -0.2) is 26.2 Å². The van der Waals surface area contributed by atoms with Crippen molar-refractivity contribution in [2.45, 2.75) is 41.5 Å². The van der Waals surface area contributed by atoms with Gasteiger partial charge in [0.05, 0.1) is 0 Å². The predicted molar refractivity (Wildman–Crippen MR) is 66.8 cm³/mol. The first-order chi connectivity index (χ1) is 5.79. The van der Waals surface area contributed by atoms with Crippen molar-refractivity contribution in [1.29, 1.82) is 0 Å². The lowest BCUT2D eigenvalue weighted by Gasteiger charge is -1.90. The van der Waals surface area contributed by atoms with Gasteiger partial charge >= 0.3 is 0 Å². The summed E-state index contributed by atoms with van der Waals surface area (Å²) in [6.45, 7) is 9.50. The van der Waals surface area contributed by atoms with Gasteiger partial charge in [-0.25, -0.2) is 0 Å². The van der Waals surface area contributed by atoms with Gasteiger partial charge in [0, 0.05) is 0 Å². The average Bonchev–Trinajstić information content (AvgIpc) is 2.63. The highest BCUT2D eigenvalue weighted by molar-refractivity contribution is 4.65. The molecule has 0 bridgehead atoms. The summed E-state index contributed by atoms with van der Waals surface area (Å²) in [5.74, 6) is 1.87. The fourth-order valence-corrected chi connectivity index (χ4v) is 1.60. The van der Waals surface area contributed by atoms with Crippen LogP contribution in [0.15, 0.2) is 0 Å². The van der Waals surface area contributed by atoms with E-state index < -0.39 is 0 Å². The molecule has 2 saturated heterocycles. The third kappa shape index (κ3) is 7.34. The Balaban J connectivity index is 0. The Morgan fingerprint density at radius 2 is 1.14 bits per heavy atom. The van der Waals surface area contributed by atoms with Crippen molar-refractivity contribution in [2.24, 2.45) is 11.8 Å². The molecule has 2 nitrogen and oxygen atoms in total. The minimum absolute atomic E-state index is 0. The molecule has 0 radical (unpaired) electrons. The van der Waals surface area contributed by atoms with Crippen LogP contribution in [0, 0.1) is 11.8 Å². The summed E-state index contributed by atoms with van der Waals surface area (Å²) in [5.41, 5.74) is 0. The topological polar surface area (TPSA) is 24.1 Å². The first-order valence-corrected chi connectivity index (χ1v) is 5.20. The highest BCUT2D eigenvalue weighted by atomic mass is 14.9. The van der Waals surface area contributed by atoms with Crippen LogP contribution < -0.4 is 10.6 Å². The lowest BCUT2D eigenvalue weighted by molar-refractivity contribution is 0.651. The summed E-state index contributed by atoms with van der Waals surface area (Å²) in [6.07, 6.45) is 2.75. The maximum Gasteiger partial charge on any atom is -0.00227 e. The molecule has 2 atom stereocenters. The maximum absolute atomic E-state index is 3.27. The van der Waals surface area contributed by atoms with E-state index in [1.165, 1.54) is 39.0 Å². The Hall–Kier alpha value is -0.0800. The Kier molecular flexibility index (Phi) is 11.1. The molecule has 0 aromatic rings. The van der Waals surface area contributed by atoms with Gasteiger partial charge in [0.25, 0.3) is 0 Å². The molecule has 2 aliphatic rings. The lowest BCUT2D eigenvalue weighted by Crippen LogP contribution is -2.06. The molecule has 0 saturated carbocycles. The molecule has 0 aliphatic carbocycles. The van der Waals surface area contributed by atoms with Crippen molar-refractivity contribution in [2.75, 3.05) is 26.2 Å². The SMILES string of the molecule is C.C.C[C@@H]1CCNC1.C[C@H]1CCNC1. The van der Waals surface area contributed by atoms with Crippen molar-refractivity contribution in [3.8, 4) is 0 Å². The zero-order chi connectivity index (χ0) is 8.81. The fraction of sp³-hybridized carbons (Fsp3) is 1.00. The maximum atomic E-state index is 3.27. The minimum atomic E-state index is 0. The van der Waals surface area contributed by atoms with Crippen molar-refractivity contribution in [3.63, 3.8) is 0 Å². The summed E-state index contributed by atoms with van der Waals surface area (Å²) in [4.78, 5) is 0. The van der Waals surface area contributed by atoms with E-state index in [9.17, 15) is 0 Å². The average molecular weight is 202 g/mol. The molecule has 0 aromatic carbocycles. The van der Waals surface area contributed by atoms with E-state index in [1.54, 1.807) is 0 Å². The number of nitrogens with one attached hydrogen (secondary N) is 2. The predicted octanol–water partition coefficient (Wildman–Crippen LogP) is 2.50. The van der Waals surface area contributed by atoms with Gasteiger partial charge in [-0.15, -0.1) is 0 Å². The molecular weight excluding hydrogens is 172 g/mol. The number of hydrogen-bond acceptors (Lipinski definition) is 2. The van der Waals surface area contributed by atoms with Crippen molar-refractivity contribution in [3.05, 3.63) is 0 Å². The molecule has 14 heavy (non-hydrogen) atoms. The van der Waals surface area contributed by atoms with Gasteiger partial charge in [0.15, 0.2) is 0 Å². The van der Waals surface area contributed by atoms with E-state index in [0.29, 0.717) is 0 Å². The zero-order valence-corrected chi connectivity index (χ0v) is 8.40. The van der Waals surface area contributed by atoms with Gasteiger partial charge in [-0.05, 0) is 50.9 Å². The Labute approximate surface area is 90.9 Å². The summed E-state index contributed by atoms with van der Waals surface area (Å²) in [7, 11) is 0. The largest absolute Gasteiger partial charge is 0.316 e. The third-order valence-corrected chi connectivity index (χ3v) is 2.61. The summed E-state index contributed by atoms with van der Waals surface area (Å²) < 4.78 is 0. The molecule has 2 heteroatoms. The zero-order valence-electron chi connectivity index (χ0n) is 8.40. The Bertz CT molecular complexity index is 88.9. The van der Waals surface area contributed by atoms with Crippen LogP contribution in [0.1, 0.15) is 41.5 Å². The summed E-state index contributed by atoms with van der Waals surface area (Å²) in [6, 6.07) is 0. The van der Waals surface area contributed by atoms with E-state index in [1.807, 2.05) is 0 Å². The molecule has 2 N–H and O–H groups in total. The monoisotopic (exact) mass is 202 g/mol. The highest BCUT2D eigenvalue weighted by Gasteiger charge is 2.06. The molecule has 0 aromatic heterocycles. The summed E-state index contributed by atoms with van der Waals surface area (Å²) in [5, 5.41) is 6.54. The van der Waals surface area contributed by atoms with Crippen molar-refractivity contribution >= 4 is 0 Å². The quantitative estimate of drug-likeness (QED) is 0.631. The molecule has 0 spiro atoms. The Morgan fingerprint density at radius 3 is 1.21 bits per heavy atom. The first-order valence-electron chi connectivity index (χ1n) is 5.20. The van der Waals surface area contributed by atoms with Gasteiger partial charge in [0.1, 0.15) is 0 Å². The van der Waals surface area contributed by atoms with Crippen LogP contribution >= 0.6 is 0 Å². The smallest absolute Gasteiger partial charge is 0.00227 e. The van der Waals surface area contributed by atoms with E-state index in [-0.39, 0.29) is 14.9 Å². The molecule has 2 rings (SSSR count). The van der Waals surface area contributed by atoms with E-state index in [2.05, 4.69) is 24.5 Å². The molecule has 2 fully saturated rings. The van der Waals surface area contributed by atoms with Gasteiger partial charge in [-0.3, -0.25) is 0 Å². The molecule has 88 valence electrons. The second-order valence-electron chi connectivity index (χ2n) is 4.20. The molecular formula is C12H30N2. The molecule has 2 aliphatic heterocycles. The van der Waals surface area contributed by atoms with Crippen LogP contribution in [0.2, 0.25) is 0 Å². The van der Waals surface area contributed by atoms with Crippen molar-refractivity contribution < 1.29 is 0 Å². The second-order valence-corrected chi connectivity index (χ2v) is 4.20. The van der Waals surface area contributed by atoms with Crippen LogP contribution in [0.5, 0.6) is 0 Å². The second kappa shape index (κ2) is 9.47. The van der Waals surface area contributed by atoms with E-state index >= 15 is 0 Å². The first kappa shape index (κ1) is 16.4.